The van der Waals surface area contributed by atoms with Crippen LogP contribution in [0.25, 0.3) is 0 Å². The predicted molar refractivity (Wildman–Crippen MR) is 96.7 cm³/mol. The molecule has 7 nitrogen and oxygen atoms in total. The number of carboxylic acid groups (broad SMARTS) is 1. The maximum absolute atomic E-state index is 12.8. The summed E-state index contributed by atoms with van der Waals surface area (Å²) in [6, 6.07) is 8.95. The largest absolute Gasteiger partial charge is 0.481 e. The standard InChI is InChI=1S/C19H23N3O4/c1-19(12-6-5-9-14(19)18(25)26)20-17(24)15-10-11-16(23)22(21-15)13-7-3-2-4-8-13/h2-4,7-8,14H,5-6,9-12H2,1H3,(H,20,24)(H,25,26). The van der Waals surface area contributed by atoms with Crippen LogP contribution in [0, 0.1) is 5.92 Å². The fourth-order valence-corrected chi connectivity index (χ4v) is 3.70. The van der Waals surface area contributed by atoms with Crippen molar-refractivity contribution in [3.05, 3.63) is 30.3 Å². The highest BCUT2D eigenvalue weighted by molar-refractivity contribution is 6.40. The molecule has 0 saturated heterocycles. The van der Waals surface area contributed by atoms with E-state index in [4.69, 9.17) is 0 Å². The molecule has 1 aromatic rings. The first-order valence-corrected chi connectivity index (χ1v) is 8.91. The van der Waals surface area contributed by atoms with Crippen LogP contribution in [0.4, 0.5) is 5.69 Å². The summed E-state index contributed by atoms with van der Waals surface area (Å²) in [4.78, 5) is 36.5. The SMILES string of the molecule is CC1(NC(=O)C2=NN(c3ccccc3)C(=O)CC2)CCCCC1C(=O)O. The van der Waals surface area contributed by atoms with Gasteiger partial charge < -0.3 is 10.4 Å². The second-order valence-corrected chi connectivity index (χ2v) is 7.10. The van der Waals surface area contributed by atoms with E-state index in [1.807, 2.05) is 6.07 Å². The summed E-state index contributed by atoms with van der Waals surface area (Å²) < 4.78 is 0. The third-order valence-corrected chi connectivity index (χ3v) is 5.20. The number of carbonyl (C=O) groups excluding carboxylic acids is 2. The van der Waals surface area contributed by atoms with Crippen LogP contribution in [0.5, 0.6) is 0 Å². The Balaban J connectivity index is 1.80. The Morgan fingerprint density at radius 3 is 2.65 bits per heavy atom. The fourth-order valence-electron chi connectivity index (χ4n) is 3.70. The van der Waals surface area contributed by atoms with E-state index < -0.39 is 23.3 Å². The molecular formula is C19H23N3O4. The molecule has 26 heavy (non-hydrogen) atoms. The lowest BCUT2D eigenvalue weighted by Gasteiger charge is -2.40. The van der Waals surface area contributed by atoms with Crippen LogP contribution >= 0.6 is 0 Å². The molecule has 1 heterocycles. The van der Waals surface area contributed by atoms with Gasteiger partial charge in [0.05, 0.1) is 17.1 Å². The zero-order valence-electron chi connectivity index (χ0n) is 14.8. The summed E-state index contributed by atoms with van der Waals surface area (Å²) in [6.45, 7) is 1.78. The van der Waals surface area contributed by atoms with Crippen LogP contribution in [0.15, 0.2) is 35.4 Å². The molecule has 0 radical (unpaired) electrons. The number of rotatable bonds is 4. The van der Waals surface area contributed by atoms with E-state index in [0.717, 1.165) is 12.8 Å². The van der Waals surface area contributed by atoms with Gasteiger partial charge in [0.1, 0.15) is 5.71 Å². The lowest BCUT2D eigenvalue weighted by atomic mass is 9.73. The summed E-state index contributed by atoms with van der Waals surface area (Å²) in [5, 5.41) is 17.9. The van der Waals surface area contributed by atoms with Crippen molar-refractivity contribution in [2.75, 3.05) is 5.01 Å². The Morgan fingerprint density at radius 1 is 1.23 bits per heavy atom. The van der Waals surface area contributed by atoms with Crippen LogP contribution in [-0.4, -0.2) is 34.1 Å². The third kappa shape index (κ3) is 3.61. The van der Waals surface area contributed by atoms with Crippen molar-refractivity contribution in [2.45, 2.75) is 51.0 Å². The van der Waals surface area contributed by atoms with Crippen LogP contribution in [0.3, 0.4) is 0 Å². The molecule has 2 unspecified atom stereocenters. The normalized spacial score (nSPS) is 26.2. The minimum atomic E-state index is -0.890. The van der Waals surface area contributed by atoms with E-state index in [9.17, 15) is 19.5 Å². The molecule has 7 heteroatoms. The van der Waals surface area contributed by atoms with Crippen molar-refractivity contribution in [1.29, 1.82) is 0 Å². The topological polar surface area (TPSA) is 99.1 Å². The van der Waals surface area contributed by atoms with Crippen LogP contribution in [0.1, 0.15) is 45.4 Å². The highest BCUT2D eigenvalue weighted by Gasteiger charge is 2.43. The number of carboxylic acids is 1. The van der Waals surface area contributed by atoms with E-state index in [1.165, 1.54) is 5.01 Å². The molecule has 2 N–H and O–H groups in total. The molecule has 2 atom stereocenters. The quantitative estimate of drug-likeness (QED) is 0.864. The van der Waals surface area contributed by atoms with Gasteiger partial charge in [-0.05, 0) is 31.9 Å². The first kappa shape index (κ1) is 18.1. The number of hydrogen-bond donors (Lipinski definition) is 2. The number of para-hydroxylation sites is 1. The molecular weight excluding hydrogens is 334 g/mol. The number of nitrogens with zero attached hydrogens (tertiary/aromatic N) is 2. The molecule has 2 aliphatic rings. The number of anilines is 1. The van der Waals surface area contributed by atoms with E-state index >= 15 is 0 Å². The van der Waals surface area contributed by atoms with Crippen molar-refractivity contribution in [1.82, 2.24) is 5.32 Å². The molecule has 0 aromatic heterocycles. The summed E-state index contributed by atoms with van der Waals surface area (Å²) in [7, 11) is 0. The van der Waals surface area contributed by atoms with Gasteiger partial charge in [-0.25, -0.2) is 5.01 Å². The van der Waals surface area contributed by atoms with Gasteiger partial charge in [0.2, 0.25) is 5.91 Å². The van der Waals surface area contributed by atoms with Crippen LogP contribution < -0.4 is 10.3 Å². The second kappa shape index (κ2) is 7.27. The molecule has 1 aliphatic carbocycles. The second-order valence-electron chi connectivity index (χ2n) is 7.10. The molecule has 1 fully saturated rings. The molecule has 0 spiro atoms. The van der Waals surface area contributed by atoms with Gasteiger partial charge in [-0.2, -0.15) is 5.10 Å². The van der Waals surface area contributed by atoms with Crippen molar-refractivity contribution in [3.8, 4) is 0 Å². The smallest absolute Gasteiger partial charge is 0.308 e. The Labute approximate surface area is 152 Å². The minimum absolute atomic E-state index is 0.167. The molecule has 2 amide bonds. The van der Waals surface area contributed by atoms with Crippen molar-refractivity contribution < 1.29 is 19.5 Å². The first-order valence-electron chi connectivity index (χ1n) is 8.91. The van der Waals surface area contributed by atoms with Crippen LogP contribution in [-0.2, 0) is 14.4 Å². The van der Waals surface area contributed by atoms with E-state index in [-0.39, 0.29) is 24.5 Å². The fraction of sp³-hybridized carbons (Fsp3) is 0.474. The zero-order chi connectivity index (χ0) is 18.7. The van der Waals surface area contributed by atoms with Gasteiger partial charge in [-0.1, -0.05) is 31.0 Å². The predicted octanol–water partition coefficient (Wildman–Crippen LogP) is 2.32. The molecule has 1 saturated carbocycles. The van der Waals surface area contributed by atoms with Gasteiger partial charge in [-0.15, -0.1) is 0 Å². The average Bonchev–Trinajstić information content (AvgIpc) is 2.62. The molecule has 138 valence electrons. The average molecular weight is 357 g/mol. The molecule has 3 rings (SSSR count). The maximum atomic E-state index is 12.8. The number of hydrazone groups is 1. The van der Waals surface area contributed by atoms with Gasteiger partial charge in [0.15, 0.2) is 0 Å². The lowest BCUT2D eigenvalue weighted by molar-refractivity contribution is -0.146. The highest BCUT2D eigenvalue weighted by atomic mass is 16.4. The van der Waals surface area contributed by atoms with E-state index in [2.05, 4.69) is 10.4 Å². The van der Waals surface area contributed by atoms with Crippen LogP contribution in [0.2, 0.25) is 0 Å². The van der Waals surface area contributed by atoms with Crippen molar-refractivity contribution in [3.63, 3.8) is 0 Å². The molecule has 0 bridgehead atoms. The summed E-state index contributed by atoms with van der Waals surface area (Å²) in [5.74, 6) is -2.07. The summed E-state index contributed by atoms with van der Waals surface area (Å²) >= 11 is 0. The number of hydrogen-bond acceptors (Lipinski definition) is 4. The Bertz CT molecular complexity index is 746. The van der Waals surface area contributed by atoms with Gasteiger partial charge in [-0.3, -0.25) is 14.4 Å². The van der Waals surface area contributed by atoms with Crippen molar-refractivity contribution in [2.24, 2.45) is 11.0 Å². The van der Waals surface area contributed by atoms with Crippen molar-refractivity contribution >= 4 is 29.2 Å². The first-order chi connectivity index (χ1) is 12.4. The van der Waals surface area contributed by atoms with Gasteiger partial charge in [0.25, 0.3) is 5.91 Å². The number of amides is 2. The number of nitrogens with one attached hydrogen (secondary N) is 1. The summed E-state index contributed by atoms with van der Waals surface area (Å²) in [6.07, 6.45) is 3.33. The third-order valence-electron chi connectivity index (χ3n) is 5.20. The number of carbonyl (C=O) groups is 3. The highest BCUT2D eigenvalue weighted by Crippen LogP contribution is 2.34. The maximum Gasteiger partial charge on any atom is 0.308 e. The Kier molecular flexibility index (Phi) is 5.06. The number of benzene rings is 1. The summed E-state index contributed by atoms with van der Waals surface area (Å²) in [5.41, 5.74) is 0.0575. The molecule has 1 aliphatic heterocycles. The van der Waals surface area contributed by atoms with E-state index in [0.29, 0.717) is 18.5 Å². The Hall–Kier alpha value is -2.70. The van der Waals surface area contributed by atoms with Gasteiger partial charge >= 0.3 is 5.97 Å². The van der Waals surface area contributed by atoms with E-state index in [1.54, 1.807) is 31.2 Å². The minimum Gasteiger partial charge on any atom is -0.481 e. The zero-order valence-corrected chi connectivity index (χ0v) is 14.8. The Morgan fingerprint density at radius 2 is 1.96 bits per heavy atom. The number of aliphatic carboxylic acids is 1. The monoisotopic (exact) mass is 357 g/mol. The van der Waals surface area contributed by atoms with Gasteiger partial charge in [0, 0.05) is 12.8 Å². The lowest BCUT2D eigenvalue weighted by Crippen LogP contribution is -2.57. The molecule has 1 aromatic carbocycles.